The molecule has 0 bridgehead atoms. The van der Waals surface area contributed by atoms with E-state index in [1.807, 2.05) is 19.1 Å². The second-order valence-corrected chi connectivity index (χ2v) is 4.23. The van der Waals surface area contributed by atoms with Crippen LogP contribution in [0.1, 0.15) is 10.7 Å². The Hall–Kier alpha value is -1.13. The van der Waals surface area contributed by atoms with Crippen molar-refractivity contribution in [1.82, 2.24) is 4.98 Å². The molecule has 0 aliphatic rings. The summed E-state index contributed by atoms with van der Waals surface area (Å²) in [7, 11) is 0. The van der Waals surface area contributed by atoms with Gasteiger partial charge in [0.25, 0.3) is 0 Å². The third kappa shape index (κ3) is 1.71. The normalized spacial score (nSPS) is 10.7. The Morgan fingerprint density at radius 1 is 1.57 bits per heavy atom. The molecule has 2 aromatic heterocycles. The Labute approximate surface area is 86.6 Å². The van der Waals surface area contributed by atoms with Crippen molar-refractivity contribution in [1.29, 1.82) is 0 Å². The minimum Gasteiger partial charge on any atom is -0.463 e. The molecule has 0 aromatic carbocycles. The van der Waals surface area contributed by atoms with Crippen molar-refractivity contribution in [3.8, 4) is 10.6 Å². The van der Waals surface area contributed by atoms with Gasteiger partial charge in [-0.3, -0.25) is 0 Å². The molecule has 2 N–H and O–H groups in total. The molecule has 0 atom stereocenters. The van der Waals surface area contributed by atoms with Crippen LogP contribution in [0, 0.1) is 6.92 Å². The lowest BCUT2D eigenvalue weighted by Gasteiger charge is -1.95. The van der Waals surface area contributed by atoms with Crippen LogP contribution >= 0.6 is 11.3 Å². The molecule has 0 saturated carbocycles. The first-order chi connectivity index (χ1) is 6.81. The van der Waals surface area contributed by atoms with Crippen LogP contribution in [0.25, 0.3) is 10.6 Å². The van der Waals surface area contributed by atoms with E-state index in [9.17, 15) is 0 Å². The SMILES string of the molecule is Cc1nc(CCN)c(-c2ccco2)s1. The second-order valence-electron chi connectivity index (χ2n) is 3.02. The fourth-order valence-electron chi connectivity index (χ4n) is 1.38. The van der Waals surface area contributed by atoms with Crippen molar-refractivity contribution in [2.45, 2.75) is 13.3 Å². The summed E-state index contributed by atoms with van der Waals surface area (Å²) in [5.41, 5.74) is 6.57. The van der Waals surface area contributed by atoms with Crippen LogP contribution in [-0.4, -0.2) is 11.5 Å². The third-order valence-electron chi connectivity index (χ3n) is 1.93. The van der Waals surface area contributed by atoms with Gasteiger partial charge in [-0.1, -0.05) is 0 Å². The van der Waals surface area contributed by atoms with Crippen LogP contribution in [0.2, 0.25) is 0 Å². The number of nitrogens with two attached hydrogens (primary N) is 1. The van der Waals surface area contributed by atoms with E-state index in [-0.39, 0.29) is 0 Å². The summed E-state index contributed by atoms with van der Waals surface area (Å²) >= 11 is 1.65. The first-order valence-electron chi connectivity index (χ1n) is 4.51. The summed E-state index contributed by atoms with van der Waals surface area (Å²) in [5.74, 6) is 0.888. The predicted molar refractivity (Wildman–Crippen MR) is 57.3 cm³/mol. The second kappa shape index (κ2) is 3.94. The van der Waals surface area contributed by atoms with E-state index < -0.39 is 0 Å². The van der Waals surface area contributed by atoms with Gasteiger partial charge in [0, 0.05) is 6.42 Å². The van der Waals surface area contributed by atoms with Gasteiger partial charge in [0.2, 0.25) is 0 Å². The summed E-state index contributed by atoms with van der Waals surface area (Å²) in [5, 5.41) is 1.06. The third-order valence-corrected chi connectivity index (χ3v) is 2.96. The van der Waals surface area contributed by atoms with E-state index >= 15 is 0 Å². The quantitative estimate of drug-likeness (QED) is 0.841. The maximum Gasteiger partial charge on any atom is 0.145 e. The standard InChI is InChI=1S/C10H12N2OS/c1-7-12-8(4-5-11)10(14-7)9-3-2-6-13-9/h2-3,6H,4-5,11H2,1H3. The molecule has 3 nitrogen and oxygen atoms in total. The van der Waals surface area contributed by atoms with Gasteiger partial charge in [-0.2, -0.15) is 0 Å². The van der Waals surface area contributed by atoms with Gasteiger partial charge in [0.1, 0.15) is 5.76 Å². The Balaban J connectivity index is 2.41. The lowest BCUT2D eigenvalue weighted by molar-refractivity contribution is 0.583. The Morgan fingerprint density at radius 2 is 2.43 bits per heavy atom. The molecule has 2 heterocycles. The highest BCUT2D eigenvalue weighted by Gasteiger charge is 2.12. The minimum atomic E-state index is 0.622. The van der Waals surface area contributed by atoms with E-state index in [0.29, 0.717) is 6.54 Å². The van der Waals surface area contributed by atoms with Gasteiger partial charge in [-0.25, -0.2) is 4.98 Å². The van der Waals surface area contributed by atoms with Crippen LogP contribution in [0.3, 0.4) is 0 Å². The van der Waals surface area contributed by atoms with Gasteiger partial charge in [0.15, 0.2) is 0 Å². The largest absolute Gasteiger partial charge is 0.463 e. The van der Waals surface area contributed by atoms with E-state index in [1.165, 1.54) is 0 Å². The Kier molecular flexibility index (Phi) is 2.65. The number of rotatable bonds is 3. The number of aryl methyl sites for hydroxylation is 1. The van der Waals surface area contributed by atoms with Gasteiger partial charge in [-0.15, -0.1) is 11.3 Å². The zero-order valence-corrected chi connectivity index (χ0v) is 8.80. The van der Waals surface area contributed by atoms with Crippen LogP contribution in [0.4, 0.5) is 0 Å². The van der Waals surface area contributed by atoms with Gasteiger partial charge in [-0.05, 0) is 25.6 Å². The molecule has 0 radical (unpaired) electrons. The molecule has 2 rings (SSSR count). The lowest BCUT2D eigenvalue weighted by atomic mass is 10.2. The van der Waals surface area contributed by atoms with Crippen molar-refractivity contribution in [3.63, 3.8) is 0 Å². The molecule has 0 spiro atoms. The smallest absolute Gasteiger partial charge is 0.145 e. The van der Waals surface area contributed by atoms with Crippen LogP contribution < -0.4 is 5.73 Å². The average molecular weight is 208 g/mol. The molecular weight excluding hydrogens is 196 g/mol. The molecule has 74 valence electrons. The lowest BCUT2D eigenvalue weighted by Crippen LogP contribution is -2.03. The summed E-state index contributed by atoms with van der Waals surface area (Å²) in [6, 6.07) is 3.84. The minimum absolute atomic E-state index is 0.622. The topological polar surface area (TPSA) is 52.0 Å². The number of hydrogen-bond acceptors (Lipinski definition) is 4. The summed E-state index contributed by atoms with van der Waals surface area (Å²) < 4.78 is 5.35. The van der Waals surface area contributed by atoms with Crippen LogP contribution in [-0.2, 0) is 6.42 Å². The molecule has 0 unspecified atom stereocenters. The number of thiazole rings is 1. The summed E-state index contributed by atoms with van der Waals surface area (Å²) in [6.07, 6.45) is 2.48. The highest BCUT2D eigenvalue weighted by atomic mass is 32.1. The summed E-state index contributed by atoms with van der Waals surface area (Å²) in [4.78, 5) is 5.54. The zero-order valence-electron chi connectivity index (χ0n) is 7.99. The molecule has 0 aliphatic carbocycles. The average Bonchev–Trinajstić information content (AvgIpc) is 2.74. The van der Waals surface area contributed by atoms with E-state index in [4.69, 9.17) is 10.2 Å². The molecule has 0 aliphatic heterocycles. The molecule has 4 heteroatoms. The molecule has 0 amide bonds. The van der Waals surface area contributed by atoms with Crippen LogP contribution in [0.5, 0.6) is 0 Å². The molecule has 14 heavy (non-hydrogen) atoms. The van der Waals surface area contributed by atoms with Gasteiger partial charge >= 0.3 is 0 Å². The summed E-state index contributed by atoms with van der Waals surface area (Å²) in [6.45, 7) is 2.62. The fraction of sp³-hybridized carbons (Fsp3) is 0.300. The monoisotopic (exact) mass is 208 g/mol. The van der Waals surface area contributed by atoms with Crippen molar-refractivity contribution >= 4 is 11.3 Å². The van der Waals surface area contributed by atoms with E-state index in [2.05, 4.69) is 4.98 Å². The molecule has 0 saturated heterocycles. The highest BCUT2D eigenvalue weighted by molar-refractivity contribution is 7.15. The maximum absolute atomic E-state index is 5.53. The highest BCUT2D eigenvalue weighted by Crippen LogP contribution is 2.30. The molecule has 2 aromatic rings. The first-order valence-corrected chi connectivity index (χ1v) is 5.33. The van der Waals surface area contributed by atoms with E-state index in [0.717, 1.165) is 27.8 Å². The van der Waals surface area contributed by atoms with Crippen LogP contribution in [0.15, 0.2) is 22.8 Å². The number of furan rings is 1. The van der Waals surface area contributed by atoms with Crippen molar-refractivity contribution in [3.05, 3.63) is 29.1 Å². The van der Waals surface area contributed by atoms with Gasteiger partial charge in [0.05, 0.1) is 21.8 Å². The first kappa shape index (κ1) is 9.43. The fourth-order valence-corrected chi connectivity index (χ4v) is 2.31. The van der Waals surface area contributed by atoms with Crippen molar-refractivity contribution < 1.29 is 4.42 Å². The molecule has 0 fully saturated rings. The predicted octanol–water partition coefficient (Wildman–Crippen LogP) is 2.21. The Bertz CT molecular complexity index is 406. The van der Waals surface area contributed by atoms with Crippen molar-refractivity contribution in [2.75, 3.05) is 6.54 Å². The van der Waals surface area contributed by atoms with Gasteiger partial charge < -0.3 is 10.2 Å². The molecular formula is C10H12N2OS. The number of nitrogens with zero attached hydrogens (tertiary/aromatic N) is 1. The van der Waals surface area contributed by atoms with Crippen molar-refractivity contribution in [2.24, 2.45) is 5.73 Å². The number of hydrogen-bond donors (Lipinski definition) is 1. The maximum atomic E-state index is 5.53. The Morgan fingerprint density at radius 3 is 3.07 bits per heavy atom. The van der Waals surface area contributed by atoms with E-state index in [1.54, 1.807) is 17.6 Å². The zero-order chi connectivity index (χ0) is 9.97. The number of aromatic nitrogens is 1.